The number of rotatable bonds is 6. The predicted octanol–water partition coefficient (Wildman–Crippen LogP) is 3.03. The van der Waals surface area contributed by atoms with Gasteiger partial charge in [0.05, 0.1) is 12.0 Å². The molecule has 2 aromatic carbocycles. The number of amides is 2. The summed E-state index contributed by atoms with van der Waals surface area (Å²) in [5.41, 5.74) is 2.77. The number of benzene rings is 2. The number of carboxylic acid groups (broad SMARTS) is 1. The monoisotopic (exact) mass is 368 g/mol. The largest absolute Gasteiger partial charge is 0.481 e. The fraction of sp³-hybridized carbons (Fsp3) is 0.286. The van der Waals surface area contributed by atoms with Crippen molar-refractivity contribution < 1.29 is 19.5 Å². The molecule has 142 valence electrons. The molecule has 0 spiro atoms. The molecule has 2 aromatic rings. The van der Waals surface area contributed by atoms with E-state index in [1.165, 1.54) is 0 Å². The van der Waals surface area contributed by atoms with E-state index in [0.717, 1.165) is 11.1 Å². The van der Waals surface area contributed by atoms with Gasteiger partial charge < -0.3 is 15.7 Å². The molecule has 6 heteroatoms. The van der Waals surface area contributed by atoms with E-state index in [0.29, 0.717) is 16.8 Å². The van der Waals surface area contributed by atoms with E-state index in [1.54, 1.807) is 50.2 Å². The van der Waals surface area contributed by atoms with Crippen molar-refractivity contribution in [2.24, 2.45) is 0 Å². The van der Waals surface area contributed by atoms with Crippen LogP contribution in [0.4, 0.5) is 5.69 Å². The summed E-state index contributed by atoms with van der Waals surface area (Å²) in [6.45, 7) is 6.96. The third-order valence-electron chi connectivity index (χ3n) is 4.60. The van der Waals surface area contributed by atoms with Gasteiger partial charge in [-0.1, -0.05) is 18.2 Å². The molecule has 0 radical (unpaired) electrons. The second kappa shape index (κ2) is 8.03. The molecule has 0 aliphatic carbocycles. The Morgan fingerprint density at radius 3 is 2.15 bits per heavy atom. The summed E-state index contributed by atoms with van der Waals surface area (Å²) in [4.78, 5) is 35.5. The van der Waals surface area contributed by atoms with Crippen LogP contribution in [0.25, 0.3) is 0 Å². The van der Waals surface area contributed by atoms with Crippen LogP contribution in [0.15, 0.2) is 42.5 Å². The average Bonchev–Trinajstić information content (AvgIpc) is 2.62. The van der Waals surface area contributed by atoms with Crippen LogP contribution in [-0.4, -0.2) is 29.4 Å². The van der Waals surface area contributed by atoms with E-state index < -0.39 is 11.4 Å². The summed E-state index contributed by atoms with van der Waals surface area (Å²) in [5.74, 6) is -1.60. The lowest BCUT2D eigenvalue weighted by Crippen LogP contribution is -2.33. The third kappa shape index (κ3) is 4.94. The number of carbonyl (C=O) groups is 3. The zero-order valence-electron chi connectivity index (χ0n) is 15.9. The molecule has 6 nitrogen and oxygen atoms in total. The van der Waals surface area contributed by atoms with Crippen LogP contribution >= 0.6 is 0 Å². The standard InChI is InChI=1S/C21H24N2O4/c1-13-5-6-15(11-14(13)2)19(25)22-12-18(24)23-17-9-7-16(8-10-17)21(3,4)20(26)27/h5-11H,12H2,1-4H3,(H,22,25)(H,23,24)(H,26,27). The van der Waals surface area contributed by atoms with Crippen molar-refractivity contribution in [3.05, 3.63) is 64.7 Å². The highest BCUT2D eigenvalue weighted by Gasteiger charge is 2.29. The molecule has 0 bridgehead atoms. The minimum atomic E-state index is -1.01. The molecule has 0 saturated heterocycles. The summed E-state index contributed by atoms with van der Waals surface area (Å²) < 4.78 is 0. The van der Waals surface area contributed by atoms with Gasteiger partial charge in [-0.25, -0.2) is 0 Å². The lowest BCUT2D eigenvalue weighted by molar-refractivity contribution is -0.142. The molecular weight excluding hydrogens is 344 g/mol. The lowest BCUT2D eigenvalue weighted by atomic mass is 9.85. The summed E-state index contributed by atoms with van der Waals surface area (Å²) in [5, 5.41) is 14.5. The second-order valence-electron chi connectivity index (χ2n) is 7.04. The summed E-state index contributed by atoms with van der Waals surface area (Å²) in [6.07, 6.45) is 0. The Kier molecular flexibility index (Phi) is 6.00. The van der Waals surface area contributed by atoms with Crippen LogP contribution in [0.5, 0.6) is 0 Å². The molecule has 27 heavy (non-hydrogen) atoms. The van der Waals surface area contributed by atoms with Gasteiger partial charge >= 0.3 is 5.97 Å². The molecule has 0 aromatic heterocycles. The van der Waals surface area contributed by atoms with Gasteiger partial charge in [-0.05, 0) is 68.7 Å². The Morgan fingerprint density at radius 2 is 1.59 bits per heavy atom. The highest BCUT2D eigenvalue weighted by atomic mass is 16.4. The van der Waals surface area contributed by atoms with Gasteiger partial charge in [-0.3, -0.25) is 14.4 Å². The normalized spacial score (nSPS) is 11.0. The van der Waals surface area contributed by atoms with Gasteiger partial charge in [0.15, 0.2) is 0 Å². The van der Waals surface area contributed by atoms with E-state index in [2.05, 4.69) is 10.6 Å². The van der Waals surface area contributed by atoms with Crippen molar-refractivity contribution in [2.45, 2.75) is 33.1 Å². The number of hydrogen-bond donors (Lipinski definition) is 3. The average molecular weight is 368 g/mol. The summed E-state index contributed by atoms with van der Waals surface area (Å²) in [7, 11) is 0. The number of nitrogens with one attached hydrogen (secondary N) is 2. The van der Waals surface area contributed by atoms with E-state index in [-0.39, 0.29) is 18.4 Å². The van der Waals surface area contributed by atoms with Gasteiger partial charge in [0.2, 0.25) is 5.91 Å². The maximum atomic E-state index is 12.1. The first-order valence-corrected chi connectivity index (χ1v) is 8.60. The van der Waals surface area contributed by atoms with Gasteiger partial charge in [0, 0.05) is 11.3 Å². The number of carbonyl (C=O) groups excluding carboxylic acids is 2. The smallest absolute Gasteiger partial charge is 0.313 e. The van der Waals surface area contributed by atoms with Crippen LogP contribution in [0.3, 0.4) is 0 Å². The van der Waals surface area contributed by atoms with E-state index in [1.807, 2.05) is 19.9 Å². The fourth-order valence-electron chi connectivity index (χ4n) is 2.44. The summed E-state index contributed by atoms with van der Waals surface area (Å²) >= 11 is 0. The van der Waals surface area contributed by atoms with Crippen molar-refractivity contribution in [1.82, 2.24) is 5.32 Å². The highest BCUT2D eigenvalue weighted by molar-refractivity contribution is 5.99. The first kappa shape index (κ1) is 20.2. The maximum Gasteiger partial charge on any atom is 0.313 e. The lowest BCUT2D eigenvalue weighted by Gasteiger charge is -2.19. The first-order valence-electron chi connectivity index (χ1n) is 8.60. The van der Waals surface area contributed by atoms with E-state index >= 15 is 0 Å². The number of aryl methyl sites for hydroxylation is 2. The fourth-order valence-corrected chi connectivity index (χ4v) is 2.44. The van der Waals surface area contributed by atoms with Crippen molar-refractivity contribution in [1.29, 1.82) is 0 Å². The number of hydrogen-bond acceptors (Lipinski definition) is 3. The van der Waals surface area contributed by atoms with Crippen molar-refractivity contribution in [3.8, 4) is 0 Å². The van der Waals surface area contributed by atoms with Gasteiger partial charge in [0.25, 0.3) is 5.91 Å². The van der Waals surface area contributed by atoms with Crippen LogP contribution in [0, 0.1) is 13.8 Å². The van der Waals surface area contributed by atoms with Crippen LogP contribution < -0.4 is 10.6 Å². The molecule has 0 aliphatic rings. The molecule has 0 saturated carbocycles. The van der Waals surface area contributed by atoms with Crippen molar-refractivity contribution >= 4 is 23.5 Å². The molecular formula is C21H24N2O4. The maximum absolute atomic E-state index is 12.1. The Morgan fingerprint density at radius 1 is 0.963 bits per heavy atom. The second-order valence-corrected chi connectivity index (χ2v) is 7.04. The SMILES string of the molecule is Cc1ccc(C(=O)NCC(=O)Nc2ccc(C(C)(C)C(=O)O)cc2)cc1C. The Hall–Kier alpha value is -3.15. The third-order valence-corrected chi connectivity index (χ3v) is 4.60. The molecule has 2 rings (SSSR count). The Labute approximate surface area is 158 Å². The van der Waals surface area contributed by atoms with E-state index in [9.17, 15) is 19.5 Å². The Balaban J connectivity index is 1.93. The minimum Gasteiger partial charge on any atom is -0.481 e. The molecule has 0 aliphatic heterocycles. The van der Waals surface area contributed by atoms with Crippen LogP contribution in [-0.2, 0) is 15.0 Å². The van der Waals surface area contributed by atoms with Crippen molar-refractivity contribution in [3.63, 3.8) is 0 Å². The Bertz CT molecular complexity index is 870. The van der Waals surface area contributed by atoms with Crippen LogP contribution in [0.2, 0.25) is 0 Å². The molecule has 2 amide bonds. The molecule has 0 fully saturated rings. The molecule has 0 unspecified atom stereocenters. The zero-order valence-corrected chi connectivity index (χ0v) is 15.9. The number of aliphatic carboxylic acids is 1. The number of carboxylic acids is 1. The van der Waals surface area contributed by atoms with Crippen molar-refractivity contribution in [2.75, 3.05) is 11.9 Å². The zero-order chi connectivity index (χ0) is 20.2. The molecule has 3 N–H and O–H groups in total. The predicted molar refractivity (Wildman–Crippen MR) is 104 cm³/mol. The quantitative estimate of drug-likeness (QED) is 0.730. The van der Waals surface area contributed by atoms with Gasteiger partial charge in [0.1, 0.15) is 0 Å². The molecule has 0 atom stereocenters. The van der Waals surface area contributed by atoms with Crippen LogP contribution in [0.1, 0.15) is 40.9 Å². The summed E-state index contributed by atoms with van der Waals surface area (Å²) in [6, 6.07) is 12.0. The van der Waals surface area contributed by atoms with Gasteiger partial charge in [-0.15, -0.1) is 0 Å². The molecule has 0 heterocycles. The van der Waals surface area contributed by atoms with Gasteiger partial charge in [-0.2, -0.15) is 0 Å². The topological polar surface area (TPSA) is 95.5 Å². The highest BCUT2D eigenvalue weighted by Crippen LogP contribution is 2.24. The minimum absolute atomic E-state index is 0.159. The first-order chi connectivity index (χ1) is 12.6. The number of anilines is 1. The van der Waals surface area contributed by atoms with E-state index in [4.69, 9.17) is 0 Å².